The van der Waals surface area contributed by atoms with Gasteiger partial charge in [-0.05, 0) is 70.2 Å². The van der Waals surface area contributed by atoms with Gasteiger partial charge in [-0.1, -0.05) is 17.7 Å². The van der Waals surface area contributed by atoms with Gasteiger partial charge in [0, 0.05) is 12.6 Å². The molecule has 0 saturated heterocycles. The lowest BCUT2D eigenvalue weighted by molar-refractivity contribution is 0.0816. The van der Waals surface area contributed by atoms with Crippen LogP contribution in [0.5, 0.6) is 0 Å². The van der Waals surface area contributed by atoms with E-state index in [2.05, 4.69) is 44.9 Å². The SMILES string of the molecule is Cc1cc(C)c(CN(C)C2CCC(O)CC2)c(C)c1. The van der Waals surface area contributed by atoms with Crippen LogP contribution >= 0.6 is 0 Å². The zero-order chi connectivity index (χ0) is 14.0. The summed E-state index contributed by atoms with van der Waals surface area (Å²) in [5, 5.41) is 9.60. The molecule has 0 spiro atoms. The van der Waals surface area contributed by atoms with E-state index in [0.717, 1.165) is 32.2 Å². The van der Waals surface area contributed by atoms with Crippen LogP contribution in [-0.4, -0.2) is 29.2 Å². The Bertz CT molecular complexity index is 410. The molecule has 2 rings (SSSR count). The molecule has 0 atom stereocenters. The zero-order valence-corrected chi connectivity index (χ0v) is 12.7. The smallest absolute Gasteiger partial charge is 0.0541 e. The summed E-state index contributed by atoms with van der Waals surface area (Å²) in [5.74, 6) is 0. The maximum atomic E-state index is 9.60. The van der Waals surface area contributed by atoms with E-state index < -0.39 is 0 Å². The van der Waals surface area contributed by atoms with Gasteiger partial charge in [0.25, 0.3) is 0 Å². The molecule has 1 saturated carbocycles. The van der Waals surface area contributed by atoms with E-state index in [0.29, 0.717) is 6.04 Å². The van der Waals surface area contributed by atoms with Crippen LogP contribution in [0.25, 0.3) is 0 Å². The second kappa shape index (κ2) is 6.06. The van der Waals surface area contributed by atoms with Gasteiger partial charge in [-0.15, -0.1) is 0 Å². The minimum Gasteiger partial charge on any atom is -0.393 e. The van der Waals surface area contributed by atoms with Crippen LogP contribution in [0.2, 0.25) is 0 Å². The van der Waals surface area contributed by atoms with E-state index in [-0.39, 0.29) is 6.10 Å². The van der Waals surface area contributed by atoms with Crippen molar-refractivity contribution in [2.75, 3.05) is 7.05 Å². The minimum absolute atomic E-state index is 0.0625. The van der Waals surface area contributed by atoms with Gasteiger partial charge in [0.15, 0.2) is 0 Å². The Morgan fingerprint density at radius 1 is 1.05 bits per heavy atom. The van der Waals surface area contributed by atoms with Gasteiger partial charge in [0.1, 0.15) is 0 Å². The zero-order valence-electron chi connectivity index (χ0n) is 12.7. The van der Waals surface area contributed by atoms with Crippen molar-refractivity contribution in [3.8, 4) is 0 Å². The van der Waals surface area contributed by atoms with Crippen LogP contribution in [0.15, 0.2) is 12.1 Å². The standard InChI is InChI=1S/C17H27NO/c1-12-9-13(2)17(14(3)10-12)11-18(4)15-5-7-16(19)8-6-15/h9-10,15-16,19H,5-8,11H2,1-4H3. The predicted octanol–water partition coefficient (Wildman–Crippen LogP) is 3.35. The third-order valence-corrected chi connectivity index (χ3v) is 4.54. The largest absolute Gasteiger partial charge is 0.393 e. The third kappa shape index (κ3) is 3.58. The summed E-state index contributed by atoms with van der Waals surface area (Å²) >= 11 is 0. The molecular weight excluding hydrogens is 234 g/mol. The Balaban J connectivity index is 2.04. The molecule has 0 unspecified atom stereocenters. The van der Waals surface area contributed by atoms with Gasteiger partial charge in [-0.25, -0.2) is 0 Å². The summed E-state index contributed by atoms with van der Waals surface area (Å²) in [6, 6.07) is 5.19. The molecule has 1 aromatic rings. The van der Waals surface area contributed by atoms with Crippen LogP contribution in [0.4, 0.5) is 0 Å². The molecule has 0 amide bonds. The Hall–Kier alpha value is -0.860. The molecule has 2 heteroatoms. The van der Waals surface area contributed by atoms with Crippen LogP contribution in [-0.2, 0) is 6.54 Å². The highest BCUT2D eigenvalue weighted by molar-refractivity contribution is 5.37. The topological polar surface area (TPSA) is 23.5 Å². The van der Waals surface area contributed by atoms with Gasteiger partial charge in [-0.3, -0.25) is 4.90 Å². The highest BCUT2D eigenvalue weighted by atomic mass is 16.3. The summed E-state index contributed by atoms with van der Waals surface area (Å²) in [7, 11) is 2.22. The van der Waals surface area contributed by atoms with Crippen LogP contribution in [0.1, 0.15) is 47.9 Å². The summed E-state index contributed by atoms with van der Waals surface area (Å²) < 4.78 is 0. The predicted molar refractivity (Wildman–Crippen MR) is 80.4 cm³/mol. The summed E-state index contributed by atoms with van der Waals surface area (Å²) in [6.45, 7) is 7.62. The van der Waals surface area contributed by atoms with Gasteiger partial charge in [0.2, 0.25) is 0 Å². The maximum Gasteiger partial charge on any atom is 0.0541 e. The number of hydrogen-bond donors (Lipinski definition) is 1. The molecule has 0 heterocycles. The first-order chi connectivity index (χ1) is 8.97. The molecule has 2 nitrogen and oxygen atoms in total. The first-order valence-electron chi connectivity index (χ1n) is 7.42. The number of benzene rings is 1. The number of hydrogen-bond acceptors (Lipinski definition) is 2. The molecule has 1 N–H and O–H groups in total. The van der Waals surface area contributed by atoms with Crippen LogP contribution in [0.3, 0.4) is 0 Å². The third-order valence-electron chi connectivity index (χ3n) is 4.54. The lowest BCUT2D eigenvalue weighted by Crippen LogP contribution is -2.36. The number of nitrogens with zero attached hydrogens (tertiary/aromatic N) is 1. The van der Waals surface area contributed by atoms with Crippen LogP contribution < -0.4 is 0 Å². The quantitative estimate of drug-likeness (QED) is 0.902. The second-order valence-electron chi connectivity index (χ2n) is 6.25. The van der Waals surface area contributed by atoms with E-state index in [4.69, 9.17) is 0 Å². The van der Waals surface area contributed by atoms with Crippen molar-refractivity contribution in [3.05, 3.63) is 34.4 Å². The summed E-state index contributed by atoms with van der Waals surface area (Å²) in [6.07, 6.45) is 4.11. The first kappa shape index (κ1) is 14.5. The van der Waals surface area contributed by atoms with Gasteiger partial charge in [0.05, 0.1) is 6.10 Å². The van der Waals surface area contributed by atoms with Crippen molar-refractivity contribution in [1.29, 1.82) is 0 Å². The normalized spacial score (nSPS) is 23.9. The monoisotopic (exact) mass is 261 g/mol. The summed E-state index contributed by atoms with van der Waals surface area (Å²) in [4.78, 5) is 2.47. The van der Waals surface area contributed by atoms with E-state index >= 15 is 0 Å². The molecular formula is C17H27NO. The molecule has 0 aromatic heterocycles. The van der Waals surface area contributed by atoms with Gasteiger partial charge < -0.3 is 5.11 Å². The molecule has 1 aromatic carbocycles. The van der Waals surface area contributed by atoms with E-state index in [9.17, 15) is 5.11 Å². The number of aliphatic hydroxyl groups excluding tert-OH is 1. The molecule has 1 fully saturated rings. The molecule has 106 valence electrons. The molecule has 0 bridgehead atoms. The van der Waals surface area contributed by atoms with Gasteiger partial charge in [-0.2, -0.15) is 0 Å². The highest BCUT2D eigenvalue weighted by Gasteiger charge is 2.23. The number of rotatable bonds is 3. The highest BCUT2D eigenvalue weighted by Crippen LogP contribution is 2.25. The van der Waals surface area contributed by atoms with Crippen molar-refractivity contribution in [2.24, 2.45) is 0 Å². The first-order valence-corrected chi connectivity index (χ1v) is 7.42. The number of aryl methyl sites for hydroxylation is 3. The molecule has 1 aliphatic carbocycles. The van der Waals surface area contributed by atoms with E-state index in [1.165, 1.54) is 22.3 Å². The average molecular weight is 261 g/mol. The summed E-state index contributed by atoms with van der Waals surface area (Å²) in [5.41, 5.74) is 5.63. The Kier molecular flexibility index (Phi) is 4.64. The van der Waals surface area contributed by atoms with E-state index in [1.807, 2.05) is 0 Å². The van der Waals surface area contributed by atoms with Crippen molar-refractivity contribution in [1.82, 2.24) is 4.90 Å². The Labute approximate surface area is 117 Å². The fraction of sp³-hybridized carbons (Fsp3) is 0.647. The lowest BCUT2D eigenvalue weighted by atomic mass is 9.91. The minimum atomic E-state index is -0.0625. The van der Waals surface area contributed by atoms with Crippen molar-refractivity contribution in [3.63, 3.8) is 0 Å². The molecule has 0 aliphatic heterocycles. The Morgan fingerprint density at radius 2 is 1.58 bits per heavy atom. The van der Waals surface area contributed by atoms with Crippen molar-refractivity contribution < 1.29 is 5.11 Å². The van der Waals surface area contributed by atoms with Crippen molar-refractivity contribution in [2.45, 2.75) is 65.1 Å². The van der Waals surface area contributed by atoms with Gasteiger partial charge >= 0.3 is 0 Å². The molecule has 0 radical (unpaired) electrons. The lowest BCUT2D eigenvalue weighted by Gasteiger charge is -2.33. The molecule has 1 aliphatic rings. The second-order valence-corrected chi connectivity index (χ2v) is 6.25. The van der Waals surface area contributed by atoms with Crippen molar-refractivity contribution >= 4 is 0 Å². The number of aliphatic hydroxyl groups is 1. The fourth-order valence-corrected chi connectivity index (χ4v) is 3.34. The molecule has 19 heavy (non-hydrogen) atoms. The fourth-order valence-electron chi connectivity index (χ4n) is 3.34. The Morgan fingerprint density at radius 3 is 2.11 bits per heavy atom. The van der Waals surface area contributed by atoms with Crippen LogP contribution in [0, 0.1) is 20.8 Å². The average Bonchev–Trinajstić information content (AvgIpc) is 2.34. The van der Waals surface area contributed by atoms with E-state index in [1.54, 1.807) is 0 Å². The maximum absolute atomic E-state index is 9.60.